The van der Waals surface area contributed by atoms with Gasteiger partial charge in [0.05, 0.1) is 19.0 Å². The van der Waals surface area contributed by atoms with Gasteiger partial charge in [-0.25, -0.2) is 0 Å². The van der Waals surface area contributed by atoms with E-state index in [1.54, 1.807) is 6.20 Å². The van der Waals surface area contributed by atoms with Gasteiger partial charge in [-0.1, -0.05) is 23.7 Å². The third kappa shape index (κ3) is 4.03. The van der Waals surface area contributed by atoms with Crippen molar-refractivity contribution >= 4 is 28.5 Å². The zero-order valence-electron chi connectivity index (χ0n) is 13.2. The van der Waals surface area contributed by atoms with E-state index in [2.05, 4.69) is 9.72 Å². The number of halogens is 1. The molecule has 2 aromatic carbocycles. The van der Waals surface area contributed by atoms with E-state index >= 15 is 0 Å². The minimum Gasteiger partial charge on any atom is -0.489 e. The van der Waals surface area contributed by atoms with Crippen LogP contribution in [0.5, 0.6) is 5.75 Å². The molecule has 0 radical (unpaired) electrons. The van der Waals surface area contributed by atoms with Crippen LogP contribution in [0.2, 0.25) is 5.02 Å². The Bertz CT molecular complexity index is 879. The molecular formula is C19H16ClNO3. The fourth-order valence-corrected chi connectivity index (χ4v) is 2.58. The fourth-order valence-electron chi connectivity index (χ4n) is 2.37. The van der Waals surface area contributed by atoms with Crippen molar-refractivity contribution < 1.29 is 14.3 Å². The lowest BCUT2D eigenvalue weighted by atomic mass is 10.1. The minimum atomic E-state index is -0.280. The number of benzene rings is 2. The molecule has 0 saturated carbocycles. The Morgan fingerprint density at radius 2 is 2.00 bits per heavy atom. The lowest BCUT2D eigenvalue weighted by Crippen LogP contribution is -2.04. The Morgan fingerprint density at radius 3 is 2.79 bits per heavy atom. The van der Waals surface area contributed by atoms with Crippen LogP contribution in [0.3, 0.4) is 0 Å². The lowest BCUT2D eigenvalue weighted by molar-refractivity contribution is -0.139. The number of rotatable bonds is 5. The van der Waals surface area contributed by atoms with Crippen molar-refractivity contribution in [2.24, 2.45) is 0 Å². The molecule has 5 heteroatoms. The first kappa shape index (κ1) is 16.3. The molecule has 0 aliphatic rings. The topological polar surface area (TPSA) is 48.4 Å². The maximum Gasteiger partial charge on any atom is 0.310 e. The first-order valence-electron chi connectivity index (χ1n) is 7.47. The van der Waals surface area contributed by atoms with Crippen LogP contribution < -0.4 is 4.74 Å². The number of hydrogen-bond donors (Lipinski definition) is 0. The standard InChI is InChI=1S/C19H16ClNO3/c1-23-19(22)9-14-7-15-5-6-17(10-18(15)21-11-14)24-12-13-3-2-4-16(20)8-13/h2-8,10-11H,9,12H2,1H3. The largest absolute Gasteiger partial charge is 0.489 e. The molecule has 24 heavy (non-hydrogen) atoms. The van der Waals surface area contributed by atoms with Gasteiger partial charge < -0.3 is 9.47 Å². The number of esters is 1. The average Bonchev–Trinajstić information content (AvgIpc) is 2.60. The van der Waals surface area contributed by atoms with Gasteiger partial charge in [-0.15, -0.1) is 0 Å². The van der Waals surface area contributed by atoms with Crippen molar-refractivity contribution in [2.45, 2.75) is 13.0 Å². The zero-order chi connectivity index (χ0) is 16.9. The summed E-state index contributed by atoms with van der Waals surface area (Å²) in [5.41, 5.74) is 2.64. The van der Waals surface area contributed by atoms with Crippen LogP contribution in [0.1, 0.15) is 11.1 Å². The number of methoxy groups -OCH3 is 1. The van der Waals surface area contributed by atoms with Gasteiger partial charge in [0.25, 0.3) is 0 Å². The third-order valence-corrected chi connectivity index (χ3v) is 3.82. The highest BCUT2D eigenvalue weighted by atomic mass is 35.5. The Balaban J connectivity index is 1.74. The number of fused-ring (bicyclic) bond motifs is 1. The summed E-state index contributed by atoms with van der Waals surface area (Å²) in [7, 11) is 1.38. The SMILES string of the molecule is COC(=O)Cc1cnc2cc(OCc3cccc(Cl)c3)ccc2c1. The molecule has 0 spiro atoms. The molecule has 0 aliphatic carbocycles. The van der Waals surface area contributed by atoms with Gasteiger partial charge in [-0.3, -0.25) is 9.78 Å². The van der Waals surface area contributed by atoms with E-state index in [4.69, 9.17) is 16.3 Å². The summed E-state index contributed by atoms with van der Waals surface area (Å²) in [5.74, 6) is 0.452. The molecule has 0 fully saturated rings. The van der Waals surface area contributed by atoms with E-state index in [9.17, 15) is 4.79 Å². The summed E-state index contributed by atoms with van der Waals surface area (Å²) in [6, 6.07) is 15.2. The first-order chi connectivity index (χ1) is 11.6. The Morgan fingerprint density at radius 1 is 1.12 bits per heavy atom. The highest BCUT2D eigenvalue weighted by molar-refractivity contribution is 6.30. The van der Waals surface area contributed by atoms with E-state index < -0.39 is 0 Å². The lowest BCUT2D eigenvalue weighted by Gasteiger charge is -2.08. The van der Waals surface area contributed by atoms with Crippen LogP contribution >= 0.6 is 11.6 Å². The highest BCUT2D eigenvalue weighted by Crippen LogP contribution is 2.22. The molecule has 122 valence electrons. The highest BCUT2D eigenvalue weighted by Gasteiger charge is 2.06. The van der Waals surface area contributed by atoms with E-state index in [-0.39, 0.29) is 12.4 Å². The molecule has 1 aromatic heterocycles. The number of ether oxygens (including phenoxy) is 2. The number of hydrogen-bond acceptors (Lipinski definition) is 4. The van der Waals surface area contributed by atoms with Crippen LogP contribution in [0.25, 0.3) is 10.9 Å². The normalized spacial score (nSPS) is 10.6. The van der Waals surface area contributed by atoms with Crippen molar-refractivity contribution in [1.29, 1.82) is 0 Å². The van der Waals surface area contributed by atoms with Crippen LogP contribution in [-0.4, -0.2) is 18.1 Å². The van der Waals surface area contributed by atoms with E-state index in [0.717, 1.165) is 27.8 Å². The molecule has 1 heterocycles. The van der Waals surface area contributed by atoms with Crippen molar-refractivity contribution in [3.8, 4) is 5.75 Å². The van der Waals surface area contributed by atoms with Crippen molar-refractivity contribution in [2.75, 3.05) is 7.11 Å². The molecule has 0 N–H and O–H groups in total. The van der Waals surface area contributed by atoms with Crippen molar-refractivity contribution in [3.05, 3.63) is 70.9 Å². The summed E-state index contributed by atoms with van der Waals surface area (Å²) in [6.07, 6.45) is 1.90. The van der Waals surface area contributed by atoms with Crippen LogP contribution in [0, 0.1) is 0 Å². The Kier molecular flexibility index (Phi) is 4.96. The number of nitrogens with zero attached hydrogens (tertiary/aromatic N) is 1. The van der Waals surface area contributed by atoms with Gasteiger partial charge in [-0.2, -0.15) is 0 Å². The minimum absolute atomic E-state index is 0.215. The molecule has 3 rings (SSSR count). The van der Waals surface area contributed by atoms with Gasteiger partial charge in [0.15, 0.2) is 0 Å². The van der Waals surface area contributed by atoms with Crippen LogP contribution in [-0.2, 0) is 22.6 Å². The second-order valence-corrected chi connectivity index (χ2v) is 5.81. The number of carbonyl (C=O) groups is 1. The molecule has 0 amide bonds. The van der Waals surface area contributed by atoms with Crippen molar-refractivity contribution in [3.63, 3.8) is 0 Å². The average molecular weight is 342 g/mol. The summed E-state index contributed by atoms with van der Waals surface area (Å²) in [5, 5.41) is 1.64. The third-order valence-electron chi connectivity index (χ3n) is 3.58. The molecule has 0 aliphatic heterocycles. The molecule has 0 saturated heterocycles. The van der Waals surface area contributed by atoms with E-state index in [1.807, 2.05) is 48.5 Å². The predicted molar refractivity (Wildman–Crippen MR) is 93.2 cm³/mol. The smallest absolute Gasteiger partial charge is 0.310 e. The molecule has 4 nitrogen and oxygen atoms in total. The van der Waals surface area contributed by atoms with Gasteiger partial charge in [0.1, 0.15) is 12.4 Å². The Labute approximate surface area is 145 Å². The maximum absolute atomic E-state index is 11.3. The monoisotopic (exact) mass is 341 g/mol. The first-order valence-corrected chi connectivity index (χ1v) is 7.84. The fraction of sp³-hybridized carbons (Fsp3) is 0.158. The summed E-state index contributed by atoms with van der Waals surface area (Å²) in [6.45, 7) is 0.437. The number of carbonyl (C=O) groups excluding carboxylic acids is 1. The summed E-state index contributed by atoms with van der Waals surface area (Å²) >= 11 is 5.97. The molecule has 0 atom stereocenters. The van der Waals surface area contributed by atoms with Gasteiger partial charge in [0, 0.05) is 22.7 Å². The quantitative estimate of drug-likeness (QED) is 0.653. The van der Waals surface area contributed by atoms with E-state index in [1.165, 1.54) is 7.11 Å². The molecule has 0 unspecified atom stereocenters. The van der Waals surface area contributed by atoms with E-state index in [0.29, 0.717) is 11.6 Å². The number of pyridine rings is 1. The Hall–Kier alpha value is -2.59. The molecular weight excluding hydrogens is 326 g/mol. The molecule has 0 bridgehead atoms. The second-order valence-electron chi connectivity index (χ2n) is 5.37. The summed E-state index contributed by atoms with van der Waals surface area (Å²) in [4.78, 5) is 15.7. The van der Waals surface area contributed by atoms with Crippen molar-refractivity contribution in [1.82, 2.24) is 4.98 Å². The zero-order valence-corrected chi connectivity index (χ0v) is 13.9. The van der Waals surface area contributed by atoms with Gasteiger partial charge >= 0.3 is 5.97 Å². The number of aromatic nitrogens is 1. The second kappa shape index (κ2) is 7.32. The van der Waals surface area contributed by atoms with Crippen LogP contribution in [0.4, 0.5) is 0 Å². The summed E-state index contributed by atoms with van der Waals surface area (Å²) < 4.78 is 10.5. The van der Waals surface area contributed by atoms with Gasteiger partial charge in [0.2, 0.25) is 0 Å². The molecule has 3 aromatic rings. The van der Waals surface area contributed by atoms with Crippen LogP contribution in [0.15, 0.2) is 54.7 Å². The maximum atomic E-state index is 11.3. The van der Waals surface area contributed by atoms with Gasteiger partial charge in [-0.05, 0) is 41.5 Å². The predicted octanol–water partition coefficient (Wildman–Crippen LogP) is 4.18.